The molecule has 3 aromatic rings. The number of hydrogen-bond donors (Lipinski definition) is 0. The summed E-state index contributed by atoms with van der Waals surface area (Å²) in [6.07, 6.45) is 7.92. The molecule has 33 heavy (non-hydrogen) atoms. The Labute approximate surface area is 190 Å². The van der Waals surface area contributed by atoms with Gasteiger partial charge < -0.3 is 0 Å². The zero-order chi connectivity index (χ0) is 22.7. The molecule has 7 rings (SSSR count). The lowest BCUT2D eigenvalue weighted by Crippen LogP contribution is -2.36. The second-order valence-corrected chi connectivity index (χ2v) is 9.73. The molecule has 0 N–H and O–H groups in total. The Hall–Kier alpha value is -3.60. The van der Waals surface area contributed by atoms with Gasteiger partial charge in [0.2, 0.25) is 5.91 Å². The summed E-state index contributed by atoms with van der Waals surface area (Å²) >= 11 is 0. The molecule has 8 heteroatoms. The van der Waals surface area contributed by atoms with Crippen molar-refractivity contribution in [2.24, 2.45) is 22.4 Å². The number of halogens is 1. The van der Waals surface area contributed by atoms with Crippen molar-refractivity contribution in [1.29, 1.82) is 5.26 Å². The first-order chi connectivity index (χ1) is 16.0. The summed E-state index contributed by atoms with van der Waals surface area (Å²) in [7, 11) is 0. The smallest absolute Gasteiger partial charge is 0.246 e. The second-order valence-electron chi connectivity index (χ2n) is 9.73. The van der Waals surface area contributed by atoms with Crippen molar-refractivity contribution in [1.82, 2.24) is 19.8 Å². The van der Waals surface area contributed by atoms with Crippen molar-refractivity contribution in [3.8, 4) is 6.07 Å². The van der Waals surface area contributed by atoms with E-state index >= 15 is 0 Å². The molecule has 2 atom stereocenters. The van der Waals surface area contributed by atoms with Gasteiger partial charge in [0.15, 0.2) is 0 Å². The summed E-state index contributed by atoms with van der Waals surface area (Å²) in [5, 5.41) is 20.9. The minimum absolute atomic E-state index is 0.0309. The summed E-state index contributed by atoms with van der Waals surface area (Å²) in [6, 6.07) is 8.92. The molecule has 0 radical (unpaired) electrons. The third-order valence-corrected chi connectivity index (χ3v) is 7.71. The lowest BCUT2D eigenvalue weighted by Gasteiger charge is -2.38. The van der Waals surface area contributed by atoms with Crippen LogP contribution in [-0.2, 0) is 11.3 Å². The molecule has 1 aliphatic heterocycles. The highest BCUT2D eigenvalue weighted by molar-refractivity contribution is 5.84. The van der Waals surface area contributed by atoms with Crippen LogP contribution < -0.4 is 0 Å². The Morgan fingerprint density at radius 1 is 1.27 bits per heavy atom. The summed E-state index contributed by atoms with van der Waals surface area (Å²) < 4.78 is 15.7. The first kappa shape index (κ1) is 20.0. The van der Waals surface area contributed by atoms with Crippen molar-refractivity contribution in [3.05, 3.63) is 59.3 Å². The number of benzene rings is 1. The number of aromatic nitrogens is 3. The average molecular weight is 442 g/mol. The van der Waals surface area contributed by atoms with Crippen LogP contribution in [0, 0.1) is 41.3 Å². The van der Waals surface area contributed by atoms with E-state index in [0.29, 0.717) is 23.5 Å². The molecule has 1 amide bonds. The summed E-state index contributed by atoms with van der Waals surface area (Å²) in [6.45, 7) is 2.81. The molecular formula is C25H23FN6O. The van der Waals surface area contributed by atoms with Gasteiger partial charge in [0, 0.05) is 42.4 Å². The van der Waals surface area contributed by atoms with Gasteiger partial charge in [0.05, 0.1) is 29.4 Å². The van der Waals surface area contributed by atoms with Crippen LogP contribution in [0.2, 0.25) is 0 Å². The highest BCUT2D eigenvalue weighted by Gasteiger charge is 2.59. The predicted octanol–water partition coefficient (Wildman–Crippen LogP) is 4.13. The van der Waals surface area contributed by atoms with Crippen LogP contribution in [0.4, 0.5) is 4.39 Å². The Balaban J connectivity index is 1.20. The normalized spacial score (nSPS) is 27.7. The molecule has 0 saturated heterocycles. The molecule has 2 bridgehead atoms. The van der Waals surface area contributed by atoms with E-state index in [2.05, 4.69) is 16.2 Å². The van der Waals surface area contributed by atoms with Crippen molar-refractivity contribution in [2.45, 2.75) is 45.2 Å². The minimum atomic E-state index is -0.405. The average Bonchev–Trinajstić information content (AvgIpc) is 3.56. The molecular weight excluding hydrogens is 419 g/mol. The van der Waals surface area contributed by atoms with Crippen molar-refractivity contribution >= 4 is 23.0 Å². The van der Waals surface area contributed by atoms with E-state index < -0.39 is 5.82 Å². The molecule has 4 aliphatic rings. The molecule has 0 spiro atoms. The van der Waals surface area contributed by atoms with E-state index in [0.717, 1.165) is 42.4 Å². The molecule has 2 aromatic heterocycles. The second kappa shape index (κ2) is 7.20. The van der Waals surface area contributed by atoms with Gasteiger partial charge in [-0.3, -0.25) is 14.5 Å². The zero-order valence-corrected chi connectivity index (χ0v) is 18.3. The monoisotopic (exact) mass is 442 g/mol. The molecule has 3 fully saturated rings. The van der Waals surface area contributed by atoms with Crippen LogP contribution >= 0.6 is 0 Å². The number of hydrazone groups is 1. The predicted molar refractivity (Wildman–Crippen MR) is 119 cm³/mol. The van der Waals surface area contributed by atoms with E-state index in [-0.39, 0.29) is 23.3 Å². The topological polar surface area (TPSA) is 87.2 Å². The third kappa shape index (κ3) is 3.14. The highest BCUT2D eigenvalue weighted by Crippen LogP contribution is 2.63. The Kier molecular flexibility index (Phi) is 4.37. The minimum Gasteiger partial charge on any atom is -0.273 e. The van der Waals surface area contributed by atoms with Crippen LogP contribution in [0.3, 0.4) is 0 Å². The van der Waals surface area contributed by atoms with Gasteiger partial charge >= 0.3 is 0 Å². The van der Waals surface area contributed by atoms with Gasteiger partial charge in [-0.1, -0.05) is 0 Å². The van der Waals surface area contributed by atoms with Crippen LogP contribution in [-0.4, -0.2) is 31.9 Å². The van der Waals surface area contributed by atoms with E-state index in [1.54, 1.807) is 23.5 Å². The van der Waals surface area contributed by atoms with Crippen LogP contribution in [0.15, 0.2) is 41.8 Å². The molecule has 1 unspecified atom stereocenters. The van der Waals surface area contributed by atoms with Crippen LogP contribution in [0.25, 0.3) is 10.9 Å². The van der Waals surface area contributed by atoms with Gasteiger partial charge in [0.1, 0.15) is 5.82 Å². The Bertz CT molecular complexity index is 1350. The lowest BCUT2D eigenvalue weighted by molar-refractivity contribution is -0.138. The highest BCUT2D eigenvalue weighted by atomic mass is 19.1. The van der Waals surface area contributed by atoms with Gasteiger partial charge in [0.25, 0.3) is 0 Å². The molecule has 3 heterocycles. The molecule has 7 nitrogen and oxygen atoms in total. The first-order valence-electron chi connectivity index (χ1n) is 11.3. The zero-order valence-electron chi connectivity index (χ0n) is 18.3. The van der Waals surface area contributed by atoms with Crippen molar-refractivity contribution in [3.63, 3.8) is 0 Å². The largest absolute Gasteiger partial charge is 0.273 e. The molecule has 3 saturated carbocycles. The number of hydrogen-bond acceptors (Lipinski definition) is 5. The van der Waals surface area contributed by atoms with Gasteiger partial charge in [-0.15, -0.1) is 0 Å². The Morgan fingerprint density at radius 2 is 2.12 bits per heavy atom. The Morgan fingerprint density at radius 3 is 2.91 bits per heavy atom. The number of carbonyl (C=O) groups excluding carboxylic acids is 1. The number of nitriles is 1. The summed E-state index contributed by atoms with van der Waals surface area (Å²) in [5.41, 5.74) is 3.32. The van der Waals surface area contributed by atoms with E-state index in [1.807, 2.05) is 23.7 Å². The number of rotatable bonds is 4. The van der Waals surface area contributed by atoms with Gasteiger partial charge in [-0.05, 0) is 67.3 Å². The van der Waals surface area contributed by atoms with Crippen LogP contribution in [0.5, 0.6) is 0 Å². The molecule has 166 valence electrons. The maximum absolute atomic E-state index is 13.7. The lowest BCUT2D eigenvalue weighted by atomic mass is 9.69. The fraction of sp³-hybridized carbons (Fsp3) is 0.400. The van der Waals surface area contributed by atoms with Gasteiger partial charge in [-0.2, -0.15) is 15.5 Å². The SMILES string of the molecule is Cc1c2cc(C#N)ccc2nn1CC12CC(C1)[C@@H](C(=O)N1N=CCC1c1cncc(F)c1)C2. The quantitative estimate of drug-likeness (QED) is 0.608. The number of carbonyl (C=O) groups is 1. The fourth-order valence-electron chi connectivity index (χ4n) is 6.10. The van der Waals surface area contributed by atoms with Crippen molar-refractivity contribution in [2.75, 3.05) is 0 Å². The number of amides is 1. The third-order valence-electron chi connectivity index (χ3n) is 7.71. The summed E-state index contributed by atoms with van der Waals surface area (Å²) in [4.78, 5) is 17.4. The number of fused-ring (bicyclic) bond motifs is 2. The first-order valence-corrected chi connectivity index (χ1v) is 11.3. The molecule has 3 aliphatic carbocycles. The fourth-order valence-corrected chi connectivity index (χ4v) is 6.10. The van der Waals surface area contributed by atoms with E-state index in [1.165, 1.54) is 12.3 Å². The van der Waals surface area contributed by atoms with E-state index in [4.69, 9.17) is 5.10 Å². The van der Waals surface area contributed by atoms with E-state index in [9.17, 15) is 14.4 Å². The number of aryl methyl sites for hydroxylation is 1. The standard InChI is InChI=1S/C25H23FN6O/c1-15-20-6-16(11-27)2-3-22(20)30-31(15)14-25-8-18(9-25)21(10-25)24(33)32-23(4-5-29-32)17-7-19(26)13-28-12-17/h2-3,5-7,12-13,18,21,23H,4,8-10,14H2,1H3/t18?,21-,23?,25?/m0/s1. The summed E-state index contributed by atoms with van der Waals surface area (Å²) in [5.74, 6) is -0.0871. The van der Waals surface area contributed by atoms with Crippen LogP contribution in [0.1, 0.15) is 48.5 Å². The maximum Gasteiger partial charge on any atom is 0.246 e. The van der Waals surface area contributed by atoms with Crippen molar-refractivity contribution < 1.29 is 9.18 Å². The maximum atomic E-state index is 13.7. The number of pyridine rings is 1. The van der Waals surface area contributed by atoms with Gasteiger partial charge in [-0.25, -0.2) is 9.40 Å². The molecule has 1 aromatic carbocycles. The number of nitrogens with zero attached hydrogens (tertiary/aromatic N) is 6.